The Morgan fingerprint density at radius 1 is 0.897 bits per heavy atom. The molecule has 1 aromatic heterocycles. The Bertz CT molecular complexity index is 848. The lowest BCUT2D eigenvalue weighted by Crippen LogP contribution is -2.48. The molecule has 2 aliphatic heterocycles. The monoisotopic (exact) mass is 393 g/mol. The number of hydrogen-bond donors (Lipinski definition) is 0. The molecule has 1 aliphatic carbocycles. The van der Waals surface area contributed by atoms with Crippen LogP contribution in [-0.2, 0) is 13.0 Å². The Labute approximate surface area is 172 Å². The Morgan fingerprint density at radius 2 is 1.66 bits per heavy atom. The van der Waals surface area contributed by atoms with E-state index in [1.54, 1.807) is 0 Å². The van der Waals surface area contributed by atoms with Gasteiger partial charge in [-0.25, -0.2) is 4.68 Å². The van der Waals surface area contributed by atoms with Crippen molar-refractivity contribution >= 4 is 5.91 Å². The van der Waals surface area contributed by atoms with Gasteiger partial charge in [0.1, 0.15) is 0 Å². The average Bonchev–Trinajstić information content (AvgIpc) is 3.29. The largest absolute Gasteiger partial charge is 0.337 e. The molecule has 2 aromatic rings. The number of aromatic nitrogens is 3. The topological polar surface area (TPSA) is 54.3 Å². The number of fused-ring (bicyclic) bond motifs is 1. The number of likely N-dealkylation sites (tertiary alicyclic amines) is 1. The van der Waals surface area contributed by atoms with E-state index in [-0.39, 0.29) is 5.91 Å². The first kappa shape index (κ1) is 18.8. The Balaban J connectivity index is 1.17. The van der Waals surface area contributed by atoms with E-state index in [9.17, 15) is 4.79 Å². The Morgan fingerprint density at radius 3 is 2.45 bits per heavy atom. The van der Waals surface area contributed by atoms with Gasteiger partial charge in [-0.05, 0) is 43.2 Å². The van der Waals surface area contributed by atoms with Crippen molar-refractivity contribution in [2.75, 3.05) is 19.6 Å². The molecule has 29 heavy (non-hydrogen) atoms. The summed E-state index contributed by atoms with van der Waals surface area (Å²) in [6, 6.07) is 9.80. The Hall–Kier alpha value is -2.21. The summed E-state index contributed by atoms with van der Waals surface area (Å²) in [6.07, 6.45) is 11.2. The summed E-state index contributed by atoms with van der Waals surface area (Å²) in [5, 5.41) is 8.49. The van der Waals surface area contributed by atoms with Crippen LogP contribution in [0.25, 0.3) is 0 Å². The lowest BCUT2D eigenvalue weighted by atomic mass is 9.95. The maximum absolute atomic E-state index is 12.9. The third kappa shape index (κ3) is 3.95. The first-order valence-corrected chi connectivity index (χ1v) is 11.3. The highest BCUT2D eigenvalue weighted by molar-refractivity contribution is 5.92. The molecule has 0 bridgehead atoms. The van der Waals surface area contributed by atoms with Crippen LogP contribution in [0.3, 0.4) is 0 Å². The fraction of sp³-hybridized carbons (Fsp3) is 0.609. The fourth-order valence-corrected chi connectivity index (χ4v) is 5.32. The lowest BCUT2D eigenvalue weighted by molar-refractivity contribution is 0.0594. The molecule has 1 saturated carbocycles. The maximum Gasteiger partial charge on any atom is 0.276 e. The predicted molar refractivity (Wildman–Crippen MR) is 112 cm³/mol. The summed E-state index contributed by atoms with van der Waals surface area (Å²) in [5.41, 5.74) is 3.48. The minimum absolute atomic E-state index is 0.0505. The van der Waals surface area contributed by atoms with Crippen molar-refractivity contribution in [3.63, 3.8) is 0 Å². The molecule has 0 spiro atoms. The van der Waals surface area contributed by atoms with Crippen molar-refractivity contribution in [3.05, 3.63) is 47.3 Å². The quantitative estimate of drug-likeness (QED) is 0.802. The first-order valence-electron chi connectivity index (χ1n) is 11.3. The first-order chi connectivity index (χ1) is 14.3. The zero-order valence-electron chi connectivity index (χ0n) is 17.2. The van der Waals surface area contributed by atoms with Crippen molar-refractivity contribution in [2.24, 2.45) is 0 Å². The second-order valence-corrected chi connectivity index (χ2v) is 8.89. The number of carbonyl (C=O) groups excluding carboxylic acids is 1. The SMILES string of the molecule is O=C(c1cn(C2CCCCC2)nn1)N1CCC(N2CCc3ccccc3C2)CC1. The molecule has 0 N–H and O–H groups in total. The van der Waals surface area contributed by atoms with E-state index in [4.69, 9.17) is 0 Å². The molecule has 154 valence electrons. The summed E-state index contributed by atoms with van der Waals surface area (Å²) in [5.74, 6) is 0.0505. The molecule has 1 amide bonds. The number of rotatable bonds is 3. The van der Waals surface area contributed by atoms with Gasteiger partial charge in [0.2, 0.25) is 0 Å². The molecule has 0 atom stereocenters. The zero-order chi connectivity index (χ0) is 19.6. The molecule has 3 aliphatic rings. The average molecular weight is 394 g/mol. The van der Waals surface area contributed by atoms with Gasteiger partial charge >= 0.3 is 0 Å². The number of benzene rings is 1. The number of amides is 1. The molecule has 1 saturated heterocycles. The van der Waals surface area contributed by atoms with Crippen LogP contribution in [0.15, 0.2) is 30.5 Å². The molecule has 3 heterocycles. The molecular weight excluding hydrogens is 362 g/mol. The number of carbonyl (C=O) groups is 1. The van der Waals surface area contributed by atoms with Gasteiger partial charge in [-0.1, -0.05) is 48.7 Å². The molecule has 6 nitrogen and oxygen atoms in total. The van der Waals surface area contributed by atoms with E-state index in [2.05, 4.69) is 39.5 Å². The second-order valence-electron chi connectivity index (χ2n) is 8.89. The highest BCUT2D eigenvalue weighted by atomic mass is 16.2. The molecule has 6 heteroatoms. The van der Waals surface area contributed by atoms with Gasteiger partial charge in [-0.3, -0.25) is 9.69 Å². The molecule has 5 rings (SSSR count). The van der Waals surface area contributed by atoms with Crippen LogP contribution >= 0.6 is 0 Å². The van der Waals surface area contributed by atoms with Crippen LogP contribution in [0.5, 0.6) is 0 Å². The smallest absolute Gasteiger partial charge is 0.276 e. The van der Waals surface area contributed by atoms with Crippen LogP contribution in [0.2, 0.25) is 0 Å². The van der Waals surface area contributed by atoms with Crippen LogP contribution in [0, 0.1) is 0 Å². The third-order valence-electron chi connectivity index (χ3n) is 7.11. The van der Waals surface area contributed by atoms with Crippen LogP contribution in [0.4, 0.5) is 0 Å². The number of piperidine rings is 1. The number of nitrogens with zero attached hydrogens (tertiary/aromatic N) is 5. The van der Waals surface area contributed by atoms with Crippen molar-refractivity contribution in [2.45, 2.75) is 70.0 Å². The van der Waals surface area contributed by atoms with E-state index in [0.29, 0.717) is 17.8 Å². The minimum Gasteiger partial charge on any atom is -0.337 e. The summed E-state index contributed by atoms with van der Waals surface area (Å²) in [4.78, 5) is 17.5. The highest BCUT2D eigenvalue weighted by Gasteiger charge is 2.30. The van der Waals surface area contributed by atoms with E-state index in [0.717, 1.165) is 58.3 Å². The van der Waals surface area contributed by atoms with Crippen LogP contribution in [0.1, 0.15) is 72.6 Å². The highest BCUT2D eigenvalue weighted by Crippen LogP contribution is 2.28. The van der Waals surface area contributed by atoms with Crippen molar-refractivity contribution in [3.8, 4) is 0 Å². The molecular formula is C23H31N5O. The van der Waals surface area contributed by atoms with E-state index in [1.165, 1.54) is 30.4 Å². The summed E-state index contributed by atoms with van der Waals surface area (Å²) >= 11 is 0. The molecule has 0 unspecified atom stereocenters. The van der Waals surface area contributed by atoms with Gasteiger partial charge in [-0.2, -0.15) is 0 Å². The van der Waals surface area contributed by atoms with Crippen molar-refractivity contribution in [1.29, 1.82) is 0 Å². The standard InChI is InChI=1S/C23H31N5O/c29-23(22-17-28(25-24-22)21-8-2-1-3-9-21)26-14-11-20(12-15-26)27-13-10-18-6-4-5-7-19(18)16-27/h4-7,17,20-21H,1-3,8-16H2. The molecule has 2 fully saturated rings. The lowest BCUT2D eigenvalue weighted by Gasteiger charge is -2.40. The predicted octanol–water partition coefficient (Wildman–Crippen LogP) is 3.45. The van der Waals surface area contributed by atoms with Crippen molar-refractivity contribution < 1.29 is 4.79 Å². The van der Waals surface area contributed by atoms with Gasteiger partial charge in [0.15, 0.2) is 5.69 Å². The summed E-state index contributed by atoms with van der Waals surface area (Å²) < 4.78 is 1.93. The van der Waals surface area contributed by atoms with Gasteiger partial charge in [-0.15, -0.1) is 5.10 Å². The van der Waals surface area contributed by atoms with E-state index in [1.807, 2.05) is 15.8 Å². The van der Waals surface area contributed by atoms with Gasteiger partial charge < -0.3 is 4.90 Å². The molecule has 1 aromatic carbocycles. The zero-order valence-corrected chi connectivity index (χ0v) is 17.2. The number of hydrogen-bond acceptors (Lipinski definition) is 4. The van der Waals surface area contributed by atoms with Gasteiger partial charge in [0.25, 0.3) is 5.91 Å². The molecule has 0 radical (unpaired) electrons. The second kappa shape index (κ2) is 8.27. The normalized spacial score (nSPS) is 21.9. The van der Waals surface area contributed by atoms with E-state index >= 15 is 0 Å². The minimum atomic E-state index is 0.0505. The summed E-state index contributed by atoms with van der Waals surface area (Å²) in [7, 11) is 0. The van der Waals surface area contributed by atoms with Gasteiger partial charge in [0.05, 0.1) is 12.2 Å². The van der Waals surface area contributed by atoms with Crippen molar-refractivity contribution in [1.82, 2.24) is 24.8 Å². The Kier molecular flexibility index (Phi) is 5.36. The maximum atomic E-state index is 12.9. The third-order valence-corrected chi connectivity index (χ3v) is 7.11. The van der Waals surface area contributed by atoms with E-state index < -0.39 is 0 Å². The van der Waals surface area contributed by atoms with Crippen LogP contribution in [-0.4, -0.2) is 56.4 Å². The summed E-state index contributed by atoms with van der Waals surface area (Å²) in [6.45, 7) is 3.81. The fourth-order valence-electron chi connectivity index (χ4n) is 5.32. The van der Waals surface area contributed by atoms with Crippen LogP contribution < -0.4 is 0 Å². The van der Waals surface area contributed by atoms with Gasteiger partial charge in [0, 0.05) is 32.2 Å².